The maximum Gasteiger partial charge on any atom is 0.262 e. The Labute approximate surface area is 139 Å². The maximum atomic E-state index is 12.9. The molecule has 4 rings (SSSR count). The van der Waals surface area contributed by atoms with Crippen molar-refractivity contribution >= 4 is 10.0 Å². The first kappa shape index (κ1) is 15.7. The Bertz CT molecular complexity index is 860. The highest BCUT2D eigenvalue weighted by molar-refractivity contribution is 7.89. The molecular formula is C14H19N5O4S. The first-order chi connectivity index (χ1) is 11.4. The summed E-state index contributed by atoms with van der Waals surface area (Å²) in [5.41, 5.74) is -0.582. The summed E-state index contributed by atoms with van der Waals surface area (Å²) in [6, 6.07) is 0. The van der Waals surface area contributed by atoms with Crippen molar-refractivity contribution in [3.63, 3.8) is 0 Å². The predicted molar refractivity (Wildman–Crippen MR) is 81.7 cm³/mol. The van der Waals surface area contributed by atoms with Gasteiger partial charge in [-0.2, -0.15) is 9.29 Å². The molecule has 0 unspecified atom stereocenters. The van der Waals surface area contributed by atoms with Crippen LogP contribution in [0.15, 0.2) is 22.1 Å². The number of imidazole rings is 1. The molecule has 2 aromatic rings. The number of ether oxygens (including phenoxy) is 1. The molecule has 130 valence electrons. The van der Waals surface area contributed by atoms with Crippen molar-refractivity contribution in [1.82, 2.24) is 24.0 Å². The first-order valence-corrected chi connectivity index (χ1v) is 9.26. The van der Waals surface area contributed by atoms with Gasteiger partial charge in [-0.3, -0.25) is 0 Å². The highest BCUT2D eigenvalue weighted by Gasteiger charge is 2.55. The van der Waals surface area contributed by atoms with Gasteiger partial charge in [0.15, 0.2) is 10.9 Å². The smallest absolute Gasteiger partial charge is 0.262 e. The van der Waals surface area contributed by atoms with Gasteiger partial charge in [0.05, 0.1) is 17.8 Å². The minimum absolute atomic E-state index is 0.0548. The van der Waals surface area contributed by atoms with Gasteiger partial charge in [0, 0.05) is 32.9 Å². The van der Waals surface area contributed by atoms with Crippen LogP contribution in [0.4, 0.5) is 0 Å². The third-order valence-corrected chi connectivity index (χ3v) is 6.55. The minimum atomic E-state index is -3.66. The minimum Gasteiger partial charge on any atom is -0.377 e. The summed E-state index contributed by atoms with van der Waals surface area (Å²) < 4.78 is 40.1. The van der Waals surface area contributed by atoms with Gasteiger partial charge in [-0.1, -0.05) is 5.16 Å². The molecule has 0 amide bonds. The topological polar surface area (TPSA) is 103 Å². The zero-order valence-electron chi connectivity index (χ0n) is 13.5. The van der Waals surface area contributed by atoms with Crippen LogP contribution < -0.4 is 0 Å². The molecule has 9 nitrogen and oxygen atoms in total. The molecule has 2 aliphatic rings. The van der Waals surface area contributed by atoms with E-state index in [4.69, 9.17) is 9.26 Å². The summed E-state index contributed by atoms with van der Waals surface area (Å²) >= 11 is 0. The Morgan fingerprint density at radius 2 is 2.25 bits per heavy atom. The molecule has 0 N–H and O–H groups in total. The van der Waals surface area contributed by atoms with E-state index in [2.05, 4.69) is 15.1 Å². The molecular weight excluding hydrogens is 334 g/mol. The third-order valence-electron chi connectivity index (χ3n) is 4.82. The van der Waals surface area contributed by atoms with Gasteiger partial charge in [-0.05, 0) is 19.8 Å². The Morgan fingerprint density at radius 1 is 1.42 bits per heavy atom. The summed E-state index contributed by atoms with van der Waals surface area (Å²) in [6.07, 6.45) is 4.14. The molecule has 2 aliphatic heterocycles. The van der Waals surface area contributed by atoms with Crippen molar-refractivity contribution in [3.8, 4) is 0 Å². The lowest BCUT2D eigenvalue weighted by Crippen LogP contribution is -2.54. The lowest BCUT2D eigenvalue weighted by atomic mass is 9.77. The molecule has 24 heavy (non-hydrogen) atoms. The second kappa shape index (κ2) is 5.36. The van der Waals surface area contributed by atoms with E-state index in [1.807, 2.05) is 0 Å². The lowest BCUT2D eigenvalue weighted by Gasteiger charge is -2.40. The van der Waals surface area contributed by atoms with Crippen LogP contribution in [0.5, 0.6) is 0 Å². The Morgan fingerprint density at radius 3 is 2.92 bits per heavy atom. The van der Waals surface area contributed by atoms with Crippen LogP contribution in [0.25, 0.3) is 0 Å². The maximum absolute atomic E-state index is 12.9. The summed E-state index contributed by atoms with van der Waals surface area (Å²) in [7, 11) is -1.92. The van der Waals surface area contributed by atoms with E-state index in [1.54, 1.807) is 18.5 Å². The van der Waals surface area contributed by atoms with Crippen molar-refractivity contribution in [3.05, 3.63) is 24.2 Å². The summed E-state index contributed by atoms with van der Waals surface area (Å²) in [6.45, 7) is 2.96. The normalized spacial score (nSPS) is 28.2. The number of aryl methyl sites for hydroxylation is 2. The average molecular weight is 353 g/mol. The molecule has 0 aliphatic carbocycles. The largest absolute Gasteiger partial charge is 0.377 e. The Kier molecular flexibility index (Phi) is 3.52. The van der Waals surface area contributed by atoms with Gasteiger partial charge in [-0.15, -0.1) is 0 Å². The van der Waals surface area contributed by atoms with Crippen molar-refractivity contribution in [1.29, 1.82) is 0 Å². The summed E-state index contributed by atoms with van der Waals surface area (Å²) in [5.74, 6) is 0.998. The highest BCUT2D eigenvalue weighted by Crippen LogP contribution is 2.43. The van der Waals surface area contributed by atoms with Gasteiger partial charge in [0.25, 0.3) is 10.0 Å². The lowest BCUT2D eigenvalue weighted by molar-refractivity contribution is 0.0276. The molecule has 0 radical (unpaired) electrons. The molecule has 0 saturated carbocycles. The number of nitrogens with zero attached hydrogens (tertiary/aromatic N) is 5. The molecule has 0 bridgehead atoms. The average Bonchev–Trinajstić information content (AvgIpc) is 3.25. The van der Waals surface area contributed by atoms with E-state index in [1.165, 1.54) is 16.8 Å². The molecule has 2 fully saturated rings. The number of fused-ring (bicyclic) bond motifs is 1. The first-order valence-electron chi connectivity index (χ1n) is 7.82. The van der Waals surface area contributed by atoms with Crippen LogP contribution >= 0.6 is 0 Å². The van der Waals surface area contributed by atoms with Crippen LogP contribution in [0, 0.1) is 6.92 Å². The quantitative estimate of drug-likeness (QED) is 0.778. The van der Waals surface area contributed by atoms with Crippen LogP contribution in [0.1, 0.15) is 24.6 Å². The van der Waals surface area contributed by atoms with Crippen molar-refractivity contribution in [2.75, 3.05) is 19.7 Å². The van der Waals surface area contributed by atoms with E-state index in [0.717, 1.165) is 0 Å². The number of hydrogen-bond acceptors (Lipinski definition) is 7. The molecule has 2 saturated heterocycles. The fourth-order valence-corrected chi connectivity index (χ4v) is 5.06. The zero-order valence-corrected chi connectivity index (χ0v) is 14.4. The third kappa shape index (κ3) is 2.28. The number of aromatic nitrogens is 4. The molecule has 4 heterocycles. The van der Waals surface area contributed by atoms with Crippen LogP contribution in [-0.2, 0) is 27.2 Å². The van der Waals surface area contributed by atoms with Crippen LogP contribution in [-0.4, -0.2) is 58.2 Å². The van der Waals surface area contributed by atoms with E-state index in [9.17, 15) is 8.42 Å². The molecule has 0 aromatic carbocycles. The Balaban J connectivity index is 1.71. The summed E-state index contributed by atoms with van der Waals surface area (Å²) in [4.78, 5) is 8.36. The van der Waals surface area contributed by atoms with Crippen molar-refractivity contribution in [2.24, 2.45) is 7.05 Å². The molecule has 2 aromatic heterocycles. The van der Waals surface area contributed by atoms with Gasteiger partial charge >= 0.3 is 0 Å². The monoisotopic (exact) mass is 353 g/mol. The number of hydrogen-bond donors (Lipinski definition) is 0. The number of rotatable bonds is 3. The van der Waals surface area contributed by atoms with E-state index < -0.39 is 15.4 Å². The zero-order chi connectivity index (χ0) is 16.9. The van der Waals surface area contributed by atoms with E-state index >= 15 is 0 Å². The molecule has 10 heteroatoms. The fraction of sp³-hybridized carbons (Fsp3) is 0.643. The van der Waals surface area contributed by atoms with Crippen LogP contribution in [0.3, 0.4) is 0 Å². The second-order valence-electron chi connectivity index (χ2n) is 6.42. The SMILES string of the molecule is Cc1noc([C@@]23CCO[C@@H]2CCN(S(=O)(=O)c2cn(C)cn2)C3)n1. The van der Waals surface area contributed by atoms with E-state index in [-0.39, 0.29) is 17.7 Å². The standard InChI is InChI=1S/C14H19N5O4S/c1-10-16-13(23-17-10)14-4-6-22-11(14)3-5-19(8-14)24(20,21)12-7-18(2)9-15-12/h7,9,11H,3-6,8H2,1-2H3/t11-,14-/m1/s1. The number of sulfonamides is 1. The Hall–Kier alpha value is -1.78. The van der Waals surface area contributed by atoms with Gasteiger partial charge in [-0.25, -0.2) is 13.4 Å². The second-order valence-corrected chi connectivity index (χ2v) is 8.30. The van der Waals surface area contributed by atoms with Crippen molar-refractivity contribution in [2.45, 2.75) is 36.3 Å². The number of piperidine rings is 1. The van der Waals surface area contributed by atoms with Crippen molar-refractivity contribution < 1.29 is 17.7 Å². The van der Waals surface area contributed by atoms with E-state index in [0.29, 0.717) is 37.7 Å². The predicted octanol–water partition coefficient (Wildman–Crippen LogP) is 0.233. The highest BCUT2D eigenvalue weighted by atomic mass is 32.2. The van der Waals surface area contributed by atoms with Gasteiger partial charge in [0.1, 0.15) is 0 Å². The molecule has 2 atom stereocenters. The fourth-order valence-electron chi connectivity index (χ4n) is 3.57. The molecule has 0 spiro atoms. The van der Waals surface area contributed by atoms with Gasteiger partial charge < -0.3 is 13.8 Å². The summed E-state index contributed by atoms with van der Waals surface area (Å²) in [5, 5.41) is 3.93. The van der Waals surface area contributed by atoms with Gasteiger partial charge in [0.2, 0.25) is 5.89 Å². The van der Waals surface area contributed by atoms with Crippen LogP contribution in [0.2, 0.25) is 0 Å².